The Labute approximate surface area is 154 Å². The van der Waals surface area contributed by atoms with Crippen molar-refractivity contribution in [2.45, 2.75) is 6.92 Å². The fraction of sp³-hybridized carbons (Fsp3) is 0.100. The molecule has 1 N–H and O–H groups in total. The first-order valence-electron chi connectivity index (χ1n) is 7.98. The van der Waals surface area contributed by atoms with Crippen LogP contribution in [0.1, 0.15) is 12.5 Å². The maximum atomic E-state index is 13.1. The van der Waals surface area contributed by atoms with Crippen molar-refractivity contribution < 1.29 is 19.0 Å². The topological polar surface area (TPSA) is 58.9 Å². The summed E-state index contributed by atoms with van der Waals surface area (Å²) in [7, 11) is 0. The van der Waals surface area contributed by atoms with E-state index < -0.39 is 5.97 Å². The van der Waals surface area contributed by atoms with Gasteiger partial charge in [0.25, 0.3) is 0 Å². The van der Waals surface area contributed by atoms with Crippen molar-refractivity contribution in [2.24, 2.45) is 4.99 Å². The lowest BCUT2D eigenvalue weighted by atomic mass is 10.1. The number of aliphatic hydroxyl groups excluding tert-OH is 1. The second-order valence-electron chi connectivity index (χ2n) is 5.36. The number of halogens is 1. The van der Waals surface area contributed by atoms with Crippen LogP contribution in [0, 0.1) is 5.82 Å². The Morgan fingerprint density at radius 1 is 1.19 bits per heavy atom. The molecule has 26 heavy (non-hydrogen) atoms. The molecule has 0 aromatic heterocycles. The first kappa shape index (κ1) is 17.9. The van der Waals surface area contributed by atoms with Crippen molar-refractivity contribution in [3.8, 4) is 0 Å². The van der Waals surface area contributed by atoms with Crippen LogP contribution in [-0.2, 0) is 9.53 Å². The van der Waals surface area contributed by atoms with Crippen LogP contribution < -0.4 is 0 Å². The van der Waals surface area contributed by atoms with Gasteiger partial charge in [-0.1, -0.05) is 42.1 Å². The van der Waals surface area contributed by atoms with E-state index in [2.05, 4.69) is 4.99 Å². The van der Waals surface area contributed by atoms with Crippen molar-refractivity contribution in [3.63, 3.8) is 0 Å². The van der Waals surface area contributed by atoms with Crippen LogP contribution >= 0.6 is 11.8 Å². The minimum absolute atomic E-state index is 0.0362. The summed E-state index contributed by atoms with van der Waals surface area (Å²) in [6, 6.07) is 15.0. The SMILES string of the molecule is CCOC(=O)C1=C(O)/C(=C\c2ccc(F)cc2)SC1=Nc1ccccc1. The maximum absolute atomic E-state index is 13.1. The van der Waals surface area contributed by atoms with Crippen LogP contribution in [0.3, 0.4) is 0 Å². The molecule has 1 heterocycles. The number of aliphatic hydroxyl groups is 1. The number of aliphatic imine (C=N–C) groups is 1. The number of hydrogen-bond acceptors (Lipinski definition) is 5. The minimum atomic E-state index is -0.630. The molecule has 1 aliphatic rings. The third-order valence-corrected chi connectivity index (χ3v) is 4.54. The van der Waals surface area contributed by atoms with Gasteiger partial charge in [0.05, 0.1) is 17.2 Å². The molecule has 4 nitrogen and oxygen atoms in total. The monoisotopic (exact) mass is 369 g/mol. The van der Waals surface area contributed by atoms with Crippen LogP contribution in [0.4, 0.5) is 10.1 Å². The van der Waals surface area contributed by atoms with Crippen LogP contribution in [-0.4, -0.2) is 22.7 Å². The van der Waals surface area contributed by atoms with Gasteiger partial charge in [-0.2, -0.15) is 0 Å². The summed E-state index contributed by atoms with van der Waals surface area (Å²) < 4.78 is 18.1. The number of nitrogens with zero attached hydrogens (tertiary/aromatic N) is 1. The Bertz CT molecular complexity index is 902. The fourth-order valence-electron chi connectivity index (χ4n) is 2.32. The molecule has 0 fully saturated rings. The maximum Gasteiger partial charge on any atom is 0.344 e. The Kier molecular flexibility index (Phi) is 5.53. The Hall–Kier alpha value is -2.86. The van der Waals surface area contributed by atoms with Crippen LogP contribution in [0.5, 0.6) is 0 Å². The normalized spacial score (nSPS) is 17.2. The highest BCUT2D eigenvalue weighted by Crippen LogP contribution is 2.40. The average Bonchev–Trinajstić information content (AvgIpc) is 2.93. The predicted octanol–water partition coefficient (Wildman–Crippen LogP) is 5.02. The first-order chi connectivity index (χ1) is 12.6. The van der Waals surface area contributed by atoms with Crippen LogP contribution in [0.25, 0.3) is 6.08 Å². The smallest absolute Gasteiger partial charge is 0.344 e. The van der Waals surface area contributed by atoms with Crippen LogP contribution in [0.2, 0.25) is 0 Å². The molecular weight excluding hydrogens is 353 g/mol. The van der Waals surface area contributed by atoms with E-state index in [1.807, 2.05) is 18.2 Å². The van der Waals surface area contributed by atoms with Gasteiger partial charge in [0, 0.05) is 0 Å². The van der Waals surface area contributed by atoms with Crippen LogP contribution in [0.15, 0.2) is 75.8 Å². The molecule has 132 valence electrons. The molecule has 0 radical (unpaired) electrons. The molecule has 0 saturated carbocycles. The first-order valence-corrected chi connectivity index (χ1v) is 8.80. The van der Waals surface area contributed by atoms with Gasteiger partial charge < -0.3 is 9.84 Å². The van der Waals surface area contributed by atoms with Crippen molar-refractivity contribution in [3.05, 3.63) is 82.2 Å². The molecule has 0 amide bonds. The van der Waals surface area contributed by atoms with Crippen molar-refractivity contribution in [1.29, 1.82) is 0 Å². The van der Waals surface area contributed by atoms with Gasteiger partial charge in [-0.25, -0.2) is 14.2 Å². The molecule has 0 unspecified atom stereocenters. The van der Waals surface area contributed by atoms with E-state index in [0.717, 1.165) is 0 Å². The number of rotatable bonds is 4. The molecule has 2 aromatic rings. The minimum Gasteiger partial charge on any atom is -0.506 e. The largest absolute Gasteiger partial charge is 0.506 e. The Morgan fingerprint density at radius 2 is 1.88 bits per heavy atom. The van der Waals surface area contributed by atoms with Gasteiger partial charge >= 0.3 is 5.97 Å². The summed E-state index contributed by atoms with van der Waals surface area (Å²) in [6.45, 7) is 1.89. The van der Waals surface area contributed by atoms with Crippen molar-refractivity contribution in [2.75, 3.05) is 6.61 Å². The number of carbonyl (C=O) groups excluding carboxylic acids is 1. The molecule has 0 saturated heterocycles. The number of hydrogen-bond donors (Lipinski definition) is 1. The molecule has 0 bridgehead atoms. The molecule has 6 heteroatoms. The van der Waals surface area contributed by atoms with E-state index in [-0.39, 0.29) is 23.8 Å². The quantitative estimate of drug-likeness (QED) is 0.769. The van der Waals surface area contributed by atoms with E-state index in [1.54, 1.807) is 37.3 Å². The lowest BCUT2D eigenvalue weighted by molar-refractivity contribution is -0.138. The van der Waals surface area contributed by atoms with Gasteiger partial charge in [0.15, 0.2) is 0 Å². The standard InChI is InChI=1S/C20H16FNO3S/c1-2-25-20(24)17-18(23)16(12-13-8-10-14(21)11-9-13)26-19(17)22-15-6-4-3-5-7-15/h3-12,23H,2H2,1H3/b16-12+,22-19?. The van der Waals surface area contributed by atoms with Gasteiger partial charge in [-0.3, -0.25) is 0 Å². The van der Waals surface area contributed by atoms with Gasteiger partial charge in [0.2, 0.25) is 0 Å². The summed E-state index contributed by atoms with van der Waals surface area (Å²) in [5.74, 6) is -1.16. The zero-order chi connectivity index (χ0) is 18.5. The van der Waals surface area contributed by atoms with E-state index in [0.29, 0.717) is 21.2 Å². The molecular formula is C20H16FNO3S. The third kappa shape index (κ3) is 4.03. The number of para-hydroxylation sites is 1. The summed E-state index contributed by atoms with van der Waals surface area (Å²) in [4.78, 5) is 17.2. The second-order valence-corrected chi connectivity index (χ2v) is 6.39. The average molecular weight is 369 g/mol. The number of ether oxygens (including phenoxy) is 1. The molecule has 2 aromatic carbocycles. The fourth-order valence-corrected chi connectivity index (χ4v) is 3.36. The zero-order valence-electron chi connectivity index (χ0n) is 14.0. The van der Waals surface area contributed by atoms with E-state index in [1.165, 1.54) is 23.9 Å². The molecule has 0 atom stereocenters. The van der Waals surface area contributed by atoms with Gasteiger partial charge in [0.1, 0.15) is 22.2 Å². The highest BCUT2D eigenvalue weighted by molar-refractivity contribution is 8.18. The third-order valence-electron chi connectivity index (χ3n) is 3.52. The lowest BCUT2D eigenvalue weighted by Gasteiger charge is -2.03. The number of esters is 1. The van der Waals surface area contributed by atoms with Gasteiger partial charge in [-0.15, -0.1) is 0 Å². The summed E-state index contributed by atoms with van der Waals surface area (Å²) >= 11 is 1.17. The highest BCUT2D eigenvalue weighted by Gasteiger charge is 2.33. The zero-order valence-corrected chi connectivity index (χ0v) is 14.8. The summed E-state index contributed by atoms with van der Waals surface area (Å²) in [5.41, 5.74) is 1.39. The lowest BCUT2D eigenvalue weighted by Crippen LogP contribution is -2.12. The Morgan fingerprint density at radius 3 is 2.54 bits per heavy atom. The van der Waals surface area contributed by atoms with Crippen molar-refractivity contribution >= 4 is 34.5 Å². The molecule has 0 aliphatic carbocycles. The number of thioether (sulfide) groups is 1. The van der Waals surface area contributed by atoms with E-state index in [9.17, 15) is 14.3 Å². The summed E-state index contributed by atoms with van der Waals surface area (Å²) in [6.07, 6.45) is 1.67. The number of carbonyl (C=O) groups is 1. The Balaban J connectivity index is 2.02. The summed E-state index contributed by atoms with van der Waals surface area (Å²) in [5, 5.41) is 10.9. The second kappa shape index (κ2) is 8.01. The van der Waals surface area contributed by atoms with E-state index in [4.69, 9.17) is 4.74 Å². The molecule has 3 rings (SSSR count). The van der Waals surface area contributed by atoms with Gasteiger partial charge in [-0.05, 0) is 42.8 Å². The van der Waals surface area contributed by atoms with E-state index >= 15 is 0 Å². The predicted molar refractivity (Wildman–Crippen MR) is 102 cm³/mol. The number of benzene rings is 2. The molecule has 0 spiro atoms. The highest BCUT2D eigenvalue weighted by atomic mass is 32.2. The molecule has 1 aliphatic heterocycles. The van der Waals surface area contributed by atoms with Crippen molar-refractivity contribution in [1.82, 2.24) is 0 Å².